The van der Waals surface area contributed by atoms with Crippen LogP contribution in [0.1, 0.15) is 0 Å². The predicted molar refractivity (Wildman–Crippen MR) is 61.8 cm³/mol. The number of nitrogens with one attached hydrogen (secondary N) is 1. The van der Waals surface area contributed by atoms with Gasteiger partial charge >= 0.3 is 12.0 Å². The van der Waals surface area contributed by atoms with Crippen LogP contribution in [0.25, 0.3) is 0 Å². The standard InChI is InChI=1S/C11H13FN2O4/c1-14(8-5-3-2-4-7(8)12)11(18)13-6-9(15)10(16)17/h2-5,9,15H,6H2,1H3,(H,13,18)(H,16,17). The first kappa shape index (κ1) is 13.9. The topological polar surface area (TPSA) is 89.9 Å². The number of aliphatic carboxylic acids is 1. The number of hydrogen-bond donors (Lipinski definition) is 3. The molecule has 1 aromatic carbocycles. The van der Waals surface area contributed by atoms with Gasteiger partial charge in [0.05, 0.1) is 12.2 Å². The molecule has 0 fully saturated rings. The third-order valence-corrected chi connectivity index (χ3v) is 2.25. The summed E-state index contributed by atoms with van der Waals surface area (Å²) in [5, 5.41) is 19.6. The first-order valence-electron chi connectivity index (χ1n) is 5.10. The molecule has 1 rings (SSSR count). The van der Waals surface area contributed by atoms with Crippen LogP contribution in [0.5, 0.6) is 0 Å². The molecule has 0 saturated carbocycles. The fraction of sp³-hybridized carbons (Fsp3) is 0.273. The minimum atomic E-state index is -1.69. The summed E-state index contributed by atoms with van der Waals surface area (Å²) in [5.74, 6) is -2.02. The maximum Gasteiger partial charge on any atom is 0.334 e. The molecule has 0 saturated heterocycles. The number of halogens is 1. The molecule has 7 heteroatoms. The number of aliphatic hydroxyl groups is 1. The predicted octanol–water partition coefficient (Wildman–Crippen LogP) is 0.417. The van der Waals surface area contributed by atoms with Crippen LogP contribution in [0.4, 0.5) is 14.9 Å². The quantitative estimate of drug-likeness (QED) is 0.728. The molecular formula is C11H13FN2O4. The van der Waals surface area contributed by atoms with E-state index in [1.807, 2.05) is 0 Å². The van der Waals surface area contributed by atoms with Gasteiger partial charge in [-0.05, 0) is 12.1 Å². The highest BCUT2D eigenvalue weighted by Gasteiger charge is 2.18. The number of amides is 2. The highest BCUT2D eigenvalue weighted by Crippen LogP contribution is 2.16. The Labute approximate surface area is 103 Å². The molecule has 0 aliphatic rings. The van der Waals surface area contributed by atoms with E-state index < -0.39 is 30.5 Å². The summed E-state index contributed by atoms with van der Waals surface area (Å²) >= 11 is 0. The maximum atomic E-state index is 13.4. The van der Waals surface area contributed by atoms with E-state index in [0.717, 1.165) is 4.90 Å². The zero-order valence-corrected chi connectivity index (χ0v) is 9.63. The maximum absolute atomic E-state index is 13.4. The molecule has 1 aromatic rings. The molecule has 18 heavy (non-hydrogen) atoms. The number of carbonyl (C=O) groups excluding carboxylic acids is 1. The lowest BCUT2D eigenvalue weighted by atomic mass is 10.3. The van der Waals surface area contributed by atoms with Crippen molar-refractivity contribution in [3.8, 4) is 0 Å². The van der Waals surface area contributed by atoms with Crippen LogP contribution in [0, 0.1) is 5.82 Å². The first-order valence-corrected chi connectivity index (χ1v) is 5.10. The first-order chi connectivity index (χ1) is 8.43. The van der Waals surface area contributed by atoms with Crippen LogP contribution in [0.3, 0.4) is 0 Å². The number of carboxylic acids is 1. The van der Waals surface area contributed by atoms with Crippen molar-refractivity contribution >= 4 is 17.7 Å². The summed E-state index contributed by atoms with van der Waals surface area (Å²) in [6.07, 6.45) is -1.69. The summed E-state index contributed by atoms with van der Waals surface area (Å²) in [5.41, 5.74) is 0.0554. The molecule has 98 valence electrons. The molecule has 6 nitrogen and oxygen atoms in total. The third kappa shape index (κ3) is 3.42. The Morgan fingerprint density at radius 1 is 1.44 bits per heavy atom. The summed E-state index contributed by atoms with van der Waals surface area (Å²) in [4.78, 5) is 22.9. The molecule has 0 spiro atoms. The summed E-state index contributed by atoms with van der Waals surface area (Å²) in [7, 11) is 1.33. The van der Waals surface area contributed by atoms with Crippen molar-refractivity contribution in [3.63, 3.8) is 0 Å². The van der Waals surface area contributed by atoms with Crippen LogP contribution in [0.2, 0.25) is 0 Å². The Hall–Kier alpha value is -2.15. The zero-order chi connectivity index (χ0) is 13.7. The van der Waals surface area contributed by atoms with Gasteiger partial charge in [-0.1, -0.05) is 12.1 Å². The normalized spacial score (nSPS) is 11.7. The van der Waals surface area contributed by atoms with Crippen molar-refractivity contribution in [1.82, 2.24) is 5.32 Å². The van der Waals surface area contributed by atoms with Gasteiger partial charge in [0.25, 0.3) is 0 Å². The van der Waals surface area contributed by atoms with E-state index in [0.29, 0.717) is 0 Å². The van der Waals surface area contributed by atoms with Crippen molar-refractivity contribution in [2.24, 2.45) is 0 Å². The SMILES string of the molecule is CN(C(=O)NCC(O)C(=O)O)c1ccccc1F. The van der Waals surface area contributed by atoms with Crippen LogP contribution in [-0.2, 0) is 4.79 Å². The van der Waals surface area contributed by atoms with Gasteiger partial charge in [-0.2, -0.15) is 0 Å². The lowest BCUT2D eigenvalue weighted by Gasteiger charge is -2.19. The number of anilines is 1. The number of urea groups is 1. The Morgan fingerprint density at radius 2 is 2.06 bits per heavy atom. The zero-order valence-electron chi connectivity index (χ0n) is 9.63. The molecular weight excluding hydrogens is 243 g/mol. The highest BCUT2D eigenvalue weighted by molar-refractivity contribution is 5.91. The average Bonchev–Trinajstić information content (AvgIpc) is 2.35. The van der Waals surface area contributed by atoms with Gasteiger partial charge in [0.1, 0.15) is 5.82 Å². The number of carbonyl (C=O) groups is 2. The highest BCUT2D eigenvalue weighted by atomic mass is 19.1. The van der Waals surface area contributed by atoms with Crippen LogP contribution in [-0.4, -0.2) is 41.9 Å². The van der Waals surface area contributed by atoms with Gasteiger partial charge in [-0.3, -0.25) is 4.90 Å². The molecule has 3 N–H and O–H groups in total. The Kier molecular flexibility index (Phi) is 4.61. The number of hydrogen-bond acceptors (Lipinski definition) is 3. The van der Waals surface area contributed by atoms with Gasteiger partial charge in [-0.25, -0.2) is 14.0 Å². The minimum absolute atomic E-state index is 0.0554. The van der Waals surface area contributed by atoms with E-state index in [2.05, 4.69) is 5.32 Å². The van der Waals surface area contributed by atoms with Crippen molar-refractivity contribution in [2.75, 3.05) is 18.5 Å². The number of para-hydroxylation sites is 1. The Bertz CT molecular complexity index is 452. The van der Waals surface area contributed by atoms with Crippen molar-refractivity contribution in [2.45, 2.75) is 6.10 Å². The average molecular weight is 256 g/mol. The second kappa shape index (κ2) is 5.97. The third-order valence-electron chi connectivity index (χ3n) is 2.25. The molecule has 0 aliphatic heterocycles. The molecule has 0 heterocycles. The van der Waals surface area contributed by atoms with E-state index in [4.69, 9.17) is 10.2 Å². The molecule has 0 aliphatic carbocycles. The lowest BCUT2D eigenvalue weighted by molar-refractivity contribution is -0.146. The minimum Gasteiger partial charge on any atom is -0.479 e. The Balaban J connectivity index is 2.63. The van der Waals surface area contributed by atoms with E-state index in [1.54, 1.807) is 6.07 Å². The monoisotopic (exact) mass is 256 g/mol. The van der Waals surface area contributed by atoms with E-state index >= 15 is 0 Å². The summed E-state index contributed by atoms with van der Waals surface area (Å²) in [6.45, 7) is -0.451. The van der Waals surface area contributed by atoms with E-state index in [1.165, 1.54) is 25.2 Å². The number of nitrogens with zero attached hydrogens (tertiary/aromatic N) is 1. The van der Waals surface area contributed by atoms with Gasteiger partial charge < -0.3 is 15.5 Å². The number of rotatable bonds is 4. The molecule has 0 radical (unpaired) electrons. The smallest absolute Gasteiger partial charge is 0.334 e. The second-order valence-corrected chi connectivity index (χ2v) is 3.55. The van der Waals surface area contributed by atoms with Gasteiger partial charge in [0, 0.05) is 7.05 Å². The fourth-order valence-corrected chi connectivity index (χ4v) is 1.22. The molecule has 0 bridgehead atoms. The van der Waals surface area contributed by atoms with E-state index in [9.17, 15) is 14.0 Å². The number of carboxylic acid groups (broad SMARTS) is 1. The van der Waals surface area contributed by atoms with Gasteiger partial charge in [0.2, 0.25) is 0 Å². The summed E-state index contributed by atoms with van der Waals surface area (Å²) in [6, 6.07) is 4.95. The Morgan fingerprint density at radius 3 is 2.61 bits per heavy atom. The van der Waals surface area contributed by atoms with Crippen LogP contribution in [0.15, 0.2) is 24.3 Å². The number of benzene rings is 1. The van der Waals surface area contributed by atoms with E-state index in [-0.39, 0.29) is 5.69 Å². The van der Waals surface area contributed by atoms with Crippen LogP contribution < -0.4 is 10.2 Å². The molecule has 1 atom stereocenters. The largest absolute Gasteiger partial charge is 0.479 e. The molecule has 2 amide bonds. The molecule has 1 unspecified atom stereocenters. The summed E-state index contributed by atoms with van der Waals surface area (Å²) < 4.78 is 13.4. The van der Waals surface area contributed by atoms with Crippen LogP contribution >= 0.6 is 0 Å². The van der Waals surface area contributed by atoms with Crippen molar-refractivity contribution in [3.05, 3.63) is 30.1 Å². The van der Waals surface area contributed by atoms with Crippen molar-refractivity contribution < 1.29 is 24.2 Å². The second-order valence-electron chi connectivity index (χ2n) is 3.55. The fourth-order valence-electron chi connectivity index (χ4n) is 1.22. The molecule has 0 aromatic heterocycles. The van der Waals surface area contributed by atoms with Crippen molar-refractivity contribution in [1.29, 1.82) is 0 Å². The lowest BCUT2D eigenvalue weighted by Crippen LogP contribution is -2.43. The van der Waals surface area contributed by atoms with Gasteiger partial charge in [0.15, 0.2) is 6.10 Å². The van der Waals surface area contributed by atoms with Gasteiger partial charge in [-0.15, -0.1) is 0 Å². The number of aliphatic hydroxyl groups excluding tert-OH is 1.